The predicted molar refractivity (Wildman–Crippen MR) is 101 cm³/mol. The average Bonchev–Trinajstić information content (AvgIpc) is 2.88. The third-order valence-electron chi connectivity index (χ3n) is 3.90. The van der Waals surface area contributed by atoms with Gasteiger partial charge in [0.15, 0.2) is 5.65 Å². The van der Waals surface area contributed by atoms with E-state index in [1.165, 1.54) is 0 Å². The third-order valence-corrected chi connectivity index (χ3v) is 4.48. The lowest BCUT2D eigenvalue weighted by Crippen LogP contribution is -2.16. The van der Waals surface area contributed by atoms with Crippen LogP contribution in [0.15, 0.2) is 41.0 Å². The van der Waals surface area contributed by atoms with Crippen molar-refractivity contribution in [1.82, 2.24) is 9.38 Å². The molecule has 124 valence electrons. The number of hydrogen-bond acceptors (Lipinski definition) is 2. The number of nitrogens with one attached hydrogen (secondary N) is 1. The quantitative estimate of drug-likeness (QED) is 0.692. The second-order valence-electron chi connectivity index (χ2n) is 6.04. The highest BCUT2D eigenvalue weighted by Crippen LogP contribution is 2.24. The van der Waals surface area contributed by atoms with Crippen molar-refractivity contribution < 1.29 is 4.79 Å². The zero-order valence-electron chi connectivity index (χ0n) is 14.1. The fourth-order valence-electron chi connectivity index (χ4n) is 2.76. The molecule has 1 amide bonds. The van der Waals surface area contributed by atoms with Crippen LogP contribution >= 0.6 is 15.9 Å². The number of anilines is 1. The average molecular weight is 386 g/mol. The first-order valence-electron chi connectivity index (χ1n) is 8.04. The van der Waals surface area contributed by atoms with E-state index in [1.54, 1.807) is 0 Å². The summed E-state index contributed by atoms with van der Waals surface area (Å²) in [5, 5.41) is 2.99. The van der Waals surface area contributed by atoms with E-state index in [0.29, 0.717) is 5.69 Å². The summed E-state index contributed by atoms with van der Waals surface area (Å²) >= 11 is 3.56. The minimum Gasteiger partial charge on any atom is -0.321 e. The van der Waals surface area contributed by atoms with Crippen molar-refractivity contribution in [3.63, 3.8) is 0 Å². The Kier molecular flexibility index (Phi) is 4.71. The lowest BCUT2D eigenvalue weighted by molar-refractivity contribution is 0.102. The number of carbonyl (C=O) groups excluding carboxylic acids is 1. The van der Waals surface area contributed by atoms with Gasteiger partial charge in [-0.3, -0.25) is 9.20 Å². The minimum atomic E-state index is -0.132. The molecule has 0 unspecified atom stereocenters. The molecule has 3 rings (SSSR count). The summed E-state index contributed by atoms with van der Waals surface area (Å²) in [7, 11) is 0. The molecule has 2 aromatic heterocycles. The second-order valence-corrected chi connectivity index (χ2v) is 6.89. The SMILES string of the molecule is CCCc1nc2c(Br)cc(C)cn2c1C(=O)Nc1ccc(C)cc1. The van der Waals surface area contributed by atoms with E-state index in [1.807, 2.05) is 54.8 Å². The van der Waals surface area contributed by atoms with Gasteiger partial charge in [0.1, 0.15) is 5.69 Å². The number of carbonyl (C=O) groups is 1. The number of nitrogens with zero attached hydrogens (tertiary/aromatic N) is 2. The maximum absolute atomic E-state index is 12.9. The molecule has 0 fully saturated rings. The number of fused-ring (bicyclic) bond motifs is 1. The number of pyridine rings is 1. The van der Waals surface area contributed by atoms with Crippen LogP contribution < -0.4 is 5.32 Å². The Balaban J connectivity index is 2.07. The molecule has 0 saturated heterocycles. The Morgan fingerprint density at radius 3 is 2.58 bits per heavy atom. The Labute approximate surface area is 150 Å². The molecule has 0 spiro atoms. The Morgan fingerprint density at radius 2 is 1.92 bits per heavy atom. The molecule has 5 heteroatoms. The van der Waals surface area contributed by atoms with E-state index in [0.717, 1.165) is 45.5 Å². The predicted octanol–water partition coefficient (Wildman–Crippen LogP) is 4.92. The fraction of sp³-hybridized carbons (Fsp3) is 0.263. The summed E-state index contributed by atoms with van der Waals surface area (Å²) in [5.41, 5.74) is 5.23. The molecular weight excluding hydrogens is 366 g/mol. The number of hydrogen-bond donors (Lipinski definition) is 1. The molecule has 0 aliphatic heterocycles. The largest absolute Gasteiger partial charge is 0.321 e. The summed E-state index contributed by atoms with van der Waals surface area (Å²) < 4.78 is 2.78. The lowest BCUT2D eigenvalue weighted by Gasteiger charge is -2.08. The third kappa shape index (κ3) is 3.22. The van der Waals surface area contributed by atoms with Crippen molar-refractivity contribution in [3.05, 3.63) is 63.5 Å². The first-order chi connectivity index (χ1) is 11.5. The molecule has 2 heterocycles. The smallest absolute Gasteiger partial charge is 0.274 e. The normalized spacial score (nSPS) is 11.0. The molecule has 0 bridgehead atoms. The van der Waals surface area contributed by atoms with Crippen molar-refractivity contribution in [2.24, 2.45) is 0 Å². The van der Waals surface area contributed by atoms with E-state index < -0.39 is 0 Å². The van der Waals surface area contributed by atoms with E-state index in [4.69, 9.17) is 0 Å². The zero-order chi connectivity index (χ0) is 17.3. The van der Waals surface area contributed by atoms with Gasteiger partial charge in [0, 0.05) is 11.9 Å². The van der Waals surface area contributed by atoms with E-state index in [-0.39, 0.29) is 5.91 Å². The number of rotatable bonds is 4. The number of halogens is 1. The van der Waals surface area contributed by atoms with Crippen LogP contribution in [0, 0.1) is 13.8 Å². The summed E-state index contributed by atoms with van der Waals surface area (Å²) in [4.78, 5) is 17.6. The van der Waals surface area contributed by atoms with Crippen molar-refractivity contribution in [3.8, 4) is 0 Å². The van der Waals surface area contributed by atoms with Crippen molar-refractivity contribution >= 4 is 33.2 Å². The highest BCUT2D eigenvalue weighted by Gasteiger charge is 2.20. The van der Waals surface area contributed by atoms with Crippen LogP contribution in [-0.2, 0) is 6.42 Å². The first-order valence-corrected chi connectivity index (χ1v) is 8.84. The molecule has 0 saturated carbocycles. The highest BCUT2D eigenvalue weighted by molar-refractivity contribution is 9.10. The number of aryl methyl sites for hydroxylation is 3. The van der Waals surface area contributed by atoms with Crippen LogP contribution in [0.25, 0.3) is 5.65 Å². The molecule has 1 aromatic carbocycles. The van der Waals surface area contributed by atoms with Gasteiger partial charge in [0.2, 0.25) is 0 Å². The summed E-state index contributed by atoms with van der Waals surface area (Å²) in [6.07, 6.45) is 3.66. The maximum Gasteiger partial charge on any atom is 0.274 e. The van der Waals surface area contributed by atoms with Crippen LogP contribution in [0.5, 0.6) is 0 Å². The molecule has 0 aliphatic carbocycles. The standard InChI is InChI=1S/C19H20BrN3O/c1-4-5-16-17(19(24)21-14-8-6-12(2)7-9-14)23-11-13(3)10-15(20)18(23)22-16/h6-11H,4-5H2,1-3H3,(H,21,24). The molecule has 3 aromatic rings. The van der Waals surface area contributed by atoms with Gasteiger partial charge < -0.3 is 5.32 Å². The fourth-order valence-corrected chi connectivity index (χ4v) is 3.40. The van der Waals surface area contributed by atoms with Gasteiger partial charge in [-0.05, 0) is 60.0 Å². The van der Waals surface area contributed by atoms with Crippen molar-refractivity contribution in [2.45, 2.75) is 33.6 Å². The van der Waals surface area contributed by atoms with Crippen LogP contribution in [0.2, 0.25) is 0 Å². The van der Waals surface area contributed by atoms with E-state index in [2.05, 4.69) is 33.2 Å². The Morgan fingerprint density at radius 1 is 1.21 bits per heavy atom. The first kappa shape index (κ1) is 16.7. The summed E-state index contributed by atoms with van der Waals surface area (Å²) in [6.45, 7) is 6.12. The van der Waals surface area contributed by atoms with Crippen LogP contribution in [-0.4, -0.2) is 15.3 Å². The lowest BCUT2D eigenvalue weighted by atomic mass is 10.2. The Hall–Kier alpha value is -2.14. The maximum atomic E-state index is 12.9. The molecule has 1 N–H and O–H groups in total. The molecule has 0 aliphatic rings. The number of aromatic nitrogens is 2. The molecule has 24 heavy (non-hydrogen) atoms. The van der Waals surface area contributed by atoms with Crippen LogP contribution in [0.4, 0.5) is 5.69 Å². The number of amides is 1. The molecule has 0 radical (unpaired) electrons. The van der Waals surface area contributed by atoms with Gasteiger partial charge in [0.05, 0.1) is 10.2 Å². The molecule has 0 atom stereocenters. The van der Waals surface area contributed by atoms with E-state index >= 15 is 0 Å². The van der Waals surface area contributed by atoms with Gasteiger partial charge in [-0.25, -0.2) is 4.98 Å². The zero-order valence-corrected chi connectivity index (χ0v) is 15.6. The second kappa shape index (κ2) is 6.77. The number of benzene rings is 1. The van der Waals surface area contributed by atoms with Gasteiger partial charge >= 0.3 is 0 Å². The van der Waals surface area contributed by atoms with Crippen LogP contribution in [0.1, 0.15) is 40.7 Å². The minimum absolute atomic E-state index is 0.132. The molecular formula is C19H20BrN3O. The monoisotopic (exact) mass is 385 g/mol. The van der Waals surface area contributed by atoms with Gasteiger partial charge in [0.25, 0.3) is 5.91 Å². The van der Waals surface area contributed by atoms with Crippen LogP contribution in [0.3, 0.4) is 0 Å². The van der Waals surface area contributed by atoms with E-state index in [9.17, 15) is 4.79 Å². The summed E-state index contributed by atoms with van der Waals surface area (Å²) in [6, 6.07) is 9.81. The van der Waals surface area contributed by atoms with Gasteiger partial charge in [-0.2, -0.15) is 0 Å². The van der Waals surface area contributed by atoms with Crippen molar-refractivity contribution in [1.29, 1.82) is 0 Å². The summed E-state index contributed by atoms with van der Waals surface area (Å²) in [5.74, 6) is -0.132. The van der Waals surface area contributed by atoms with Gasteiger partial charge in [-0.1, -0.05) is 31.0 Å². The van der Waals surface area contributed by atoms with Gasteiger partial charge in [-0.15, -0.1) is 0 Å². The topological polar surface area (TPSA) is 46.4 Å². The van der Waals surface area contributed by atoms with Crippen molar-refractivity contribution in [2.75, 3.05) is 5.32 Å². The molecule has 4 nitrogen and oxygen atoms in total. The highest BCUT2D eigenvalue weighted by atomic mass is 79.9. The Bertz CT molecular complexity index is 897. The number of imidazole rings is 1.